The van der Waals surface area contributed by atoms with E-state index in [9.17, 15) is 0 Å². The summed E-state index contributed by atoms with van der Waals surface area (Å²) in [5.74, 6) is 1.40. The third-order valence-corrected chi connectivity index (χ3v) is 5.26. The van der Waals surface area contributed by atoms with Crippen LogP contribution in [0.1, 0.15) is 38.7 Å². The van der Waals surface area contributed by atoms with Crippen LogP contribution in [0.2, 0.25) is 0 Å². The SMILES string of the molecule is CC1CCCC(CN)(N(C)Cc2cnn(C)c2)C1C. The molecule has 3 unspecified atom stereocenters. The van der Waals surface area contributed by atoms with E-state index >= 15 is 0 Å². The maximum absolute atomic E-state index is 6.19. The lowest BCUT2D eigenvalue weighted by Crippen LogP contribution is -2.59. The molecule has 2 rings (SSSR count). The van der Waals surface area contributed by atoms with Crippen molar-refractivity contribution in [2.75, 3.05) is 13.6 Å². The van der Waals surface area contributed by atoms with Crippen LogP contribution in [0.5, 0.6) is 0 Å². The lowest BCUT2D eigenvalue weighted by atomic mass is 9.67. The van der Waals surface area contributed by atoms with Gasteiger partial charge >= 0.3 is 0 Å². The number of rotatable bonds is 4. The van der Waals surface area contributed by atoms with Gasteiger partial charge in [-0.05, 0) is 25.3 Å². The molecule has 0 radical (unpaired) electrons. The van der Waals surface area contributed by atoms with Crippen LogP contribution in [-0.2, 0) is 13.6 Å². The molecule has 1 heterocycles. The van der Waals surface area contributed by atoms with Gasteiger partial charge in [0.2, 0.25) is 0 Å². The van der Waals surface area contributed by atoms with E-state index in [0.29, 0.717) is 5.92 Å². The number of hydrogen-bond donors (Lipinski definition) is 1. The van der Waals surface area contributed by atoms with E-state index in [4.69, 9.17) is 5.73 Å². The van der Waals surface area contributed by atoms with Gasteiger partial charge < -0.3 is 5.73 Å². The monoisotopic (exact) mass is 264 g/mol. The second-order valence-corrected chi connectivity index (χ2v) is 6.34. The second kappa shape index (κ2) is 5.63. The molecule has 1 fully saturated rings. The van der Waals surface area contributed by atoms with E-state index in [-0.39, 0.29) is 5.54 Å². The molecule has 0 aliphatic heterocycles. The third-order valence-electron chi connectivity index (χ3n) is 5.26. The Balaban J connectivity index is 2.15. The zero-order valence-corrected chi connectivity index (χ0v) is 12.8. The van der Waals surface area contributed by atoms with Crippen molar-refractivity contribution in [3.8, 4) is 0 Å². The summed E-state index contributed by atoms with van der Waals surface area (Å²) in [5.41, 5.74) is 7.60. The summed E-state index contributed by atoms with van der Waals surface area (Å²) in [6.07, 6.45) is 7.89. The Hall–Kier alpha value is -0.870. The number of nitrogens with two attached hydrogens (primary N) is 1. The van der Waals surface area contributed by atoms with Crippen LogP contribution < -0.4 is 5.73 Å². The maximum atomic E-state index is 6.19. The molecular formula is C15H28N4. The molecule has 3 atom stereocenters. The predicted molar refractivity (Wildman–Crippen MR) is 78.6 cm³/mol. The number of nitrogens with zero attached hydrogens (tertiary/aromatic N) is 3. The van der Waals surface area contributed by atoms with Gasteiger partial charge in [-0.25, -0.2) is 0 Å². The molecule has 0 spiro atoms. The average Bonchev–Trinajstić information content (AvgIpc) is 2.78. The molecule has 0 aromatic carbocycles. The average molecular weight is 264 g/mol. The quantitative estimate of drug-likeness (QED) is 0.905. The summed E-state index contributed by atoms with van der Waals surface area (Å²) in [5, 5.41) is 4.26. The third kappa shape index (κ3) is 2.70. The van der Waals surface area contributed by atoms with Crippen molar-refractivity contribution in [1.29, 1.82) is 0 Å². The maximum Gasteiger partial charge on any atom is 0.0534 e. The zero-order chi connectivity index (χ0) is 14.0. The number of aromatic nitrogens is 2. The number of hydrogen-bond acceptors (Lipinski definition) is 3. The van der Waals surface area contributed by atoms with Gasteiger partial charge in [0.05, 0.1) is 6.20 Å². The van der Waals surface area contributed by atoms with Gasteiger partial charge in [-0.2, -0.15) is 5.10 Å². The normalized spacial score (nSPS) is 31.9. The van der Waals surface area contributed by atoms with Gasteiger partial charge in [0.25, 0.3) is 0 Å². The first-order valence-corrected chi connectivity index (χ1v) is 7.38. The molecule has 4 heteroatoms. The Bertz CT molecular complexity index is 414. The lowest BCUT2D eigenvalue weighted by molar-refractivity contribution is 0.00136. The summed E-state index contributed by atoms with van der Waals surface area (Å²) in [7, 11) is 4.18. The Labute approximate surface area is 117 Å². The van der Waals surface area contributed by atoms with Crippen molar-refractivity contribution in [2.45, 2.75) is 45.2 Å². The van der Waals surface area contributed by atoms with E-state index in [1.807, 2.05) is 17.9 Å². The van der Waals surface area contributed by atoms with Gasteiger partial charge in [0, 0.05) is 37.4 Å². The standard InChI is InChI=1S/C15H28N4/c1-12-6-5-7-15(11-16,13(12)2)18(3)9-14-8-17-19(4)10-14/h8,10,12-13H,5-7,9,11,16H2,1-4H3. The van der Waals surface area contributed by atoms with Gasteiger partial charge in [0.1, 0.15) is 0 Å². The van der Waals surface area contributed by atoms with Crippen LogP contribution in [0.4, 0.5) is 0 Å². The largest absolute Gasteiger partial charge is 0.329 e. The molecule has 4 nitrogen and oxygen atoms in total. The summed E-state index contributed by atoms with van der Waals surface area (Å²) in [4.78, 5) is 2.46. The predicted octanol–water partition coefficient (Wildman–Crippen LogP) is 2.01. The molecular weight excluding hydrogens is 236 g/mol. The van der Waals surface area contributed by atoms with Crippen molar-refractivity contribution in [1.82, 2.24) is 14.7 Å². The van der Waals surface area contributed by atoms with Crippen molar-refractivity contribution in [2.24, 2.45) is 24.6 Å². The molecule has 0 saturated heterocycles. The highest BCUT2D eigenvalue weighted by molar-refractivity contribution is 5.07. The smallest absolute Gasteiger partial charge is 0.0534 e. The van der Waals surface area contributed by atoms with Gasteiger partial charge in [-0.3, -0.25) is 9.58 Å². The fourth-order valence-corrected chi connectivity index (χ4v) is 3.70. The van der Waals surface area contributed by atoms with Crippen LogP contribution in [0.15, 0.2) is 12.4 Å². The Morgan fingerprint density at radius 3 is 2.84 bits per heavy atom. The topological polar surface area (TPSA) is 47.1 Å². The molecule has 1 aliphatic rings. The first-order chi connectivity index (χ1) is 8.99. The summed E-state index contributed by atoms with van der Waals surface area (Å²) in [6.45, 7) is 6.42. The zero-order valence-electron chi connectivity index (χ0n) is 12.8. The highest BCUT2D eigenvalue weighted by Crippen LogP contribution is 2.41. The van der Waals surface area contributed by atoms with Gasteiger partial charge in [0.15, 0.2) is 0 Å². The van der Waals surface area contributed by atoms with Crippen molar-refractivity contribution in [3.05, 3.63) is 18.0 Å². The molecule has 0 bridgehead atoms. The Kier molecular flexibility index (Phi) is 4.31. The second-order valence-electron chi connectivity index (χ2n) is 6.34. The lowest BCUT2D eigenvalue weighted by Gasteiger charge is -2.51. The summed E-state index contributed by atoms with van der Waals surface area (Å²) >= 11 is 0. The number of likely N-dealkylation sites (N-methyl/N-ethyl adjacent to an activating group) is 1. The van der Waals surface area contributed by atoms with Crippen LogP contribution >= 0.6 is 0 Å². The molecule has 0 amide bonds. The molecule has 1 aliphatic carbocycles. The van der Waals surface area contributed by atoms with E-state index < -0.39 is 0 Å². The molecule has 1 aromatic heterocycles. The fraction of sp³-hybridized carbons (Fsp3) is 0.800. The summed E-state index contributed by atoms with van der Waals surface area (Å²) < 4.78 is 1.87. The van der Waals surface area contributed by atoms with E-state index in [2.05, 4.69) is 37.1 Å². The Morgan fingerprint density at radius 2 is 2.26 bits per heavy atom. The first-order valence-electron chi connectivity index (χ1n) is 7.38. The molecule has 2 N–H and O–H groups in total. The summed E-state index contributed by atoms with van der Waals surface area (Å²) in [6, 6.07) is 0. The number of aryl methyl sites for hydroxylation is 1. The minimum Gasteiger partial charge on any atom is -0.329 e. The highest BCUT2D eigenvalue weighted by atomic mass is 15.3. The van der Waals surface area contributed by atoms with Crippen molar-refractivity contribution in [3.63, 3.8) is 0 Å². The minimum absolute atomic E-state index is 0.146. The van der Waals surface area contributed by atoms with E-state index in [1.165, 1.54) is 24.8 Å². The Morgan fingerprint density at radius 1 is 1.53 bits per heavy atom. The van der Waals surface area contributed by atoms with Crippen LogP contribution in [-0.4, -0.2) is 33.8 Å². The fourth-order valence-electron chi connectivity index (χ4n) is 3.70. The molecule has 1 aromatic rings. The molecule has 1 saturated carbocycles. The van der Waals surface area contributed by atoms with E-state index in [1.54, 1.807) is 0 Å². The van der Waals surface area contributed by atoms with Crippen LogP contribution in [0.25, 0.3) is 0 Å². The van der Waals surface area contributed by atoms with Crippen LogP contribution in [0.3, 0.4) is 0 Å². The highest BCUT2D eigenvalue weighted by Gasteiger charge is 2.43. The van der Waals surface area contributed by atoms with Crippen molar-refractivity contribution < 1.29 is 0 Å². The van der Waals surface area contributed by atoms with E-state index in [0.717, 1.165) is 19.0 Å². The minimum atomic E-state index is 0.146. The van der Waals surface area contributed by atoms with Gasteiger partial charge in [-0.1, -0.05) is 26.7 Å². The molecule has 19 heavy (non-hydrogen) atoms. The molecule has 108 valence electrons. The first kappa shape index (κ1) is 14.5. The van der Waals surface area contributed by atoms with Crippen LogP contribution in [0, 0.1) is 11.8 Å². The van der Waals surface area contributed by atoms with Gasteiger partial charge in [-0.15, -0.1) is 0 Å². The van der Waals surface area contributed by atoms with Crippen molar-refractivity contribution >= 4 is 0 Å².